The van der Waals surface area contributed by atoms with E-state index in [4.69, 9.17) is 14.5 Å². The molecule has 0 aliphatic heterocycles. The van der Waals surface area contributed by atoms with Gasteiger partial charge in [-0.3, -0.25) is 4.79 Å². The summed E-state index contributed by atoms with van der Waals surface area (Å²) in [6.07, 6.45) is 0.739. The third kappa shape index (κ3) is 4.13. The lowest BCUT2D eigenvalue weighted by Crippen LogP contribution is -2.13. The molecule has 0 bridgehead atoms. The van der Waals surface area contributed by atoms with Gasteiger partial charge in [0.15, 0.2) is 11.5 Å². The van der Waals surface area contributed by atoms with E-state index < -0.39 is 0 Å². The molecule has 0 atom stereocenters. The molecule has 0 spiro atoms. The fourth-order valence-electron chi connectivity index (χ4n) is 3.89. The van der Waals surface area contributed by atoms with Gasteiger partial charge >= 0.3 is 0 Å². The summed E-state index contributed by atoms with van der Waals surface area (Å²) in [7, 11) is 3.16. The average Bonchev–Trinajstić information content (AvgIpc) is 3.16. The van der Waals surface area contributed by atoms with Crippen LogP contribution in [-0.2, 0) is 6.42 Å². The Labute approximate surface area is 196 Å². The zero-order valence-electron chi connectivity index (χ0n) is 18.9. The topological polar surface area (TPSA) is 84.2 Å². The molecule has 0 aliphatic carbocycles. The maximum Gasteiger partial charge on any atom is 0.257 e. The van der Waals surface area contributed by atoms with E-state index in [0.717, 1.165) is 27.8 Å². The number of fused-ring (bicyclic) bond motifs is 1. The SMILES string of the molecule is CCc1c(C)sc(NC(=O)c2cc(-c3ccc(OC)c(OC)c3)nc3ccccc23)c1C#N. The van der Waals surface area contributed by atoms with E-state index in [0.29, 0.717) is 38.8 Å². The van der Waals surface area contributed by atoms with Gasteiger partial charge in [-0.05, 0) is 49.2 Å². The average molecular weight is 458 g/mol. The minimum atomic E-state index is -0.282. The van der Waals surface area contributed by atoms with Crippen LogP contribution in [0.4, 0.5) is 5.00 Å². The van der Waals surface area contributed by atoms with Gasteiger partial charge in [-0.2, -0.15) is 5.26 Å². The predicted molar refractivity (Wildman–Crippen MR) is 131 cm³/mol. The first-order valence-corrected chi connectivity index (χ1v) is 11.3. The lowest BCUT2D eigenvalue weighted by atomic mass is 10.0. The molecule has 1 N–H and O–H groups in total. The smallest absolute Gasteiger partial charge is 0.257 e. The van der Waals surface area contributed by atoms with E-state index in [2.05, 4.69) is 11.4 Å². The molecule has 33 heavy (non-hydrogen) atoms. The Morgan fingerprint density at radius 3 is 2.58 bits per heavy atom. The van der Waals surface area contributed by atoms with E-state index >= 15 is 0 Å². The number of aryl methyl sites for hydroxylation is 1. The van der Waals surface area contributed by atoms with E-state index in [1.54, 1.807) is 20.3 Å². The Kier molecular flexibility index (Phi) is 6.29. The second kappa shape index (κ2) is 9.31. The quantitative estimate of drug-likeness (QED) is 0.385. The summed E-state index contributed by atoms with van der Waals surface area (Å²) < 4.78 is 10.8. The van der Waals surface area contributed by atoms with Gasteiger partial charge in [-0.1, -0.05) is 25.1 Å². The second-order valence-electron chi connectivity index (χ2n) is 7.40. The Morgan fingerprint density at radius 2 is 1.88 bits per heavy atom. The van der Waals surface area contributed by atoms with Crippen LogP contribution in [0.25, 0.3) is 22.2 Å². The molecule has 6 nitrogen and oxygen atoms in total. The second-order valence-corrected chi connectivity index (χ2v) is 8.63. The number of hydrogen-bond donors (Lipinski definition) is 1. The van der Waals surface area contributed by atoms with Gasteiger partial charge in [0, 0.05) is 15.8 Å². The first-order chi connectivity index (χ1) is 16.0. The number of pyridine rings is 1. The molecule has 0 aliphatic rings. The lowest BCUT2D eigenvalue weighted by Gasteiger charge is -2.12. The van der Waals surface area contributed by atoms with Crippen molar-refractivity contribution in [1.82, 2.24) is 4.98 Å². The fourth-order valence-corrected chi connectivity index (χ4v) is 4.98. The lowest BCUT2D eigenvalue weighted by molar-refractivity contribution is 0.102. The summed E-state index contributed by atoms with van der Waals surface area (Å²) in [5.41, 5.74) is 4.13. The summed E-state index contributed by atoms with van der Waals surface area (Å²) in [5, 5.41) is 13.9. The summed E-state index contributed by atoms with van der Waals surface area (Å²) in [4.78, 5) is 19.2. The van der Waals surface area contributed by atoms with Crippen LogP contribution in [0, 0.1) is 18.3 Å². The number of anilines is 1. The van der Waals surface area contributed by atoms with Gasteiger partial charge in [0.2, 0.25) is 0 Å². The van der Waals surface area contributed by atoms with Crippen LogP contribution < -0.4 is 14.8 Å². The van der Waals surface area contributed by atoms with E-state index in [1.165, 1.54) is 11.3 Å². The molecule has 4 aromatic rings. The summed E-state index contributed by atoms with van der Waals surface area (Å²) in [6, 6.07) is 17.1. The van der Waals surface area contributed by atoms with Crippen LogP contribution >= 0.6 is 11.3 Å². The standard InChI is InChI=1S/C26H23N3O3S/c1-5-17-15(2)33-26(20(17)14-27)29-25(30)19-13-22(28-21-9-7-6-8-18(19)21)16-10-11-23(31-3)24(12-16)32-4/h6-13H,5H2,1-4H3,(H,29,30). The van der Waals surface area contributed by atoms with Gasteiger partial charge in [0.05, 0.1) is 36.6 Å². The number of carbonyl (C=O) groups is 1. The van der Waals surface area contributed by atoms with Gasteiger partial charge in [0.1, 0.15) is 11.1 Å². The monoisotopic (exact) mass is 457 g/mol. The highest BCUT2D eigenvalue weighted by atomic mass is 32.1. The number of aromatic nitrogens is 1. The van der Waals surface area contributed by atoms with Crippen molar-refractivity contribution in [2.24, 2.45) is 0 Å². The first kappa shape index (κ1) is 22.3. The molecule has 0 saturated heterocycles. The fraction of sp³-hybridized carbons (Fsp3) is 0.192. The van der Waals surface area contributed by atoms with Crippen molar-refractivity contribution < 1.29 is 14.3 Å². The number of hydrogen-bond acceptors (Lipinski definition) is 6. The number of para-hydroxylation sites is 1. The number of amides is 1. The van der Waals surface area contributed by atoms with Crippen molar-refractivity contribution in [2.75, 3.05) is 19.5 Å². The molecule has 4 rings (SSSR count). The summed E-state index contributed by atoms with van der Waals surface area (Å²) in [6.45, 7) is 3.98. The predicted octanol–water partition coefficient (Wildman–Crippen LogP) is 5.98. The molecular formula is C26H23N3O3S. The van der Waals surface area contributed by atoms with Gasteiger partial charge in [-0.15, -0.1) is 11.3 Å². The highest BCUT2D eigenvalue weighted by molar-refractivity contribution is 7.16. The first-order valence-electron chi connectivity index (χ1n) is 10.5. The van der Waals surface area contributed by atoms with Crippen molar-refractivity contribution in [3.8, 4) is 28.8 Å². The zero-order chi connectivity index (χ0) is 23.5. The highest BCUT2D eigenvalue weighted by Gasteiger charge is 2.20. The van der Waals surface area contributed by atoms with Crippen LogP contribution in [-0.4, -0.2) is 25.1 Å². The van der Waals surface area contributed by atoms with Crippen LogP contribution in [0.5, 0.6) is 11.5 Å². The van der Waals surface area contributed by atoms with Crippen molar-refractivity contribution in [1.29, 1.82) is 5.26 Å². The molecule has 0 saturated carbocycles. The number of carbonyl (C=O) groups excluding carboxylic acids is 1. The molecule has 166 valence electrons. The third-order valence-corrected chi connectivity index (χ3v) is 6.60. The third-order valence-electron chi connectivity index (χ3n) is 5.54. The van der Waals surface area contributed by atoms with E-state index in [9.17, 15) is 10.1 Å². The molecule has 1 amide bonds. The van der Waals surface area contributed by atoms with Crippen molar-refractivity contribution in [3.63, 3.8) is 0 Å². The van der Waals surface area contributed by atoms with Crippen molar-refractivity contribution >= 4 is 33.1 Å². The number of nitrogens with one attached hydrogen (secondary N) is 1. The van der Waals surface area contributed by atoms with E-state index in [1.807, 2.05) is 56.3 Å². The normalized spacial score (nSPS) is 10.6. The molecule has 2 aromatic heterocycles. The Hall–Kier alpha value is -3.89. The van der Waals surface area contributed by atoms with Crippen LogP contribution in [0.3, 0.4) is 0 Å². The van der Waals surface area contributed by atoms with Gasteiger partial charge in [-0.25, -0.2) is 4.98 Å². The minimum Gasteiger partial charge on any atom is -0.493 e. The number of nitriles is 1. The van der Waals surface area contributed by atoms with Crippen molar-refractivity contribution in [3.05, 3.63) is 70.1 Å². The molecule has 0 radical (unpaired) electrons. The Balaban J connectivity index is 1.82. The number of nitrogens with zero attached hydrogens (tertiary/aromatic N) is 2. The molecule has 0 unspecified atom stereocenters. The maximum absolute atomic E-state index is 13.4. The Bertz CT molecular complexity index is 1400. The number of benzene rings is 2. The highest BCUT2D eigenvalue weighted by Crippen LogP contribution is 2.35. The molecular weight excluding hydrogens is 434 g/mol. The minimum absolute atomic E-state index is 0.282. The van der Waals surface area contributed by atoms with Crippen LogP contribution in [0.15, 0.2) is 48.5 Å². The summed E-state index contributed by atoms with van der Waals surface area (Å²) >= 11 is 1.43. The number of methoxy groups -OCH3 is 2. The molecule has 2 heterocycles. The molecule has 2 aromatic carbocycles. The number of rotatable bonds is 6. The van der Waals surface area contributed by atoms with E-state index in [-0.39, 0.29) is 5.91 Å². The van der Waals surface area contributed by atoms with Crippen LogP contribution in [0.1, 0.15) is 33.3 Å². The van der Waals surface area contributed by atoms with Crippen LogP contribution in [0.2, 0.25) is 0 Å². The Morgan fingerprint density at radius 1 is 1.12 bits per heavy atom. The van der Waals surface area contributed by atoms with Gasteiger partial charge < -0.3 is 14.8 Å². The molecule has 7 heteroatoms. The number of thiophene rings is 1. The number of ether oxygens (including phenoxy) is 2. The van der Waals surface area contributed by atoms with Gasteiger partial charge in [0.25, 0.3) is 5.91 Å². The maximum atomic E-state index is 13.4. The largest absolute Gasteiger partial charge is 0.493 e. The molecule has 0 fully saturated rings. The zero-order valence-corrected chi connectivity index (χ0v) is 19.7. The summed E-state index contributed by atoms with van der Waals surface area (Å²) in [5.74, 6) is 0.912. The van der Waals surface area contributed by atoms with Crippen molar-refractivity contribution in [2.45, 2.75) is 20.3 Å².